The van der Waals surface area contributed by atoms with Crippen LogP contribution in [-0.2, 0) is 13.0 Å². The summed E-state index contributed by atoms with van der Waals surface area (Å²) in [4.78, 5) is 8.72. The predicted molar refractivity (Wildman–Crippen MR) is 115 cm³/mol. The van der Waals surface area contributed by atoms with Gasteiger partial charge in [0.15, 0.2) is 0 Å². The number of nitrogens with one attached hydrogen (secondary N) is 2. The number of ether oxygens (including phenoxy) is 1. The number of anilines is 2. The van der Waals surface area contributed by atoms with Gasteiger partial charge in [0.1, 0.15) is 11.6 Å². The lowest BCUT2D eigenvalue weighted by Crippen LogP contribution is -2.25. The number of aromatic nitrogens is 2. The molecule has 0 amide bonds. The molecule has 1 aromatic heterocycles. The zero-order chi connectivity index (χ0) is 21.2. The summed E-state index contributed by atoms with van der Waals surface area (Å²) in [6.07, 6.45) is 2.36. The van der Waals surface area contributed by atoms with Crippen LogP contribution in [0.1, 0.15) is 42.1 Å². The molecule has 0 aliphatic heterocycles. The minimum absolute atomic E-state index is 0.0229. The van der Waals surface area contributed by atoms with Crippen LogP contribution in [0.25, 0.3) is 0 Å². The third-order valence-electron chi connectivity index (χ3n) is 4.77. The highest BCUT2D eigenvalue weighted by molar-refractivity contribution is 5.53. The minimum atomic E-state index is -0.0886. The molecule has 8 heteroatoms. The molecular formula is C21H33N5O3. The van der Waals surface area contributed by atoms with Crippen LogP contribution in [0.5, 0.6) is 5.75 Å². The number of methoxy groups -OCH3 is 1. The number of benzene rings is 1. The lowest BCUT2D eigenvalue weighted by Gasteiger charge is -2.20. The Kier molecular flexibility index (Phi) is 9.11. The Bertz CT molecular complexity index is 785. The summed E-state index contributed by atoms with van der Waals surface area (Å²) >= 11 is 0. The number of nitrogen functional groups attached to an aromatic ring is 1. The van der Waals surface area contributed by atoms with Gasteiger partial charge in [0.05, 0.1) is 26.4 Å². The number of rotatable bonds is 12. The second kappa shape index (κ2) is 11.5. The smallest absolute Gasteiger partial charge is 0.222 e. The summed E-state index contributed by atoms with van der Waals surface area (Å²) < 4.78 is 5.61. The average molecular weight is 404 g/mol. The quantitative estimate of drug-likeness (QED) is 0.339. The van der Waals surface area contributed by atoms with Crippen molar-refractivity contribution < 1.29 is 14.9 Å². The molecule has 1 aromatic carbocycles. The van der Waals surface area contributed by atoms with Crippen molar-refractivity contribution in [3.8, 4) is 5.75 Å². The van der Waals surface area contributed by atoms with Crippen LogP contribution in [0, 0.1) is 6.92 Å². The van der Waals surface area contributed by atoms with Gasteiger partial charge in [0.25, 0.3) is 0 Å². The number of hydrogen-bond acceptors (Lipinski definition) is 8. The van der Waals surface area contributed by atoms with E-state index >= 15 is 0 Å². The molecule has 2 rings (SSSR count). The number of aryl methyl sites for hydroxylation is 1. The summed E-state index contributed by atoms with van der Waals surface area (Å²) in [5.41, 5.74) is 9.68. The van der Waals surface area contributed by atoms with Crippen molar-refractivity contribution in [2.45, 2.75) is 45.7 Å². The number of aliphatic hydroxyl groups is 2. The molecule has 0 radical (unpaired) electrons. The molecule has 1 unspecified atom stereocenters. The second-order valence-corrected chi connectivity index (χ2v) is 7.03. The second-order valence-electron chi connectivity index (χ2n) is 7.03. The van der Waals surface area contributed by atoms with Crippen molar-refractivity contribution in [3.05, 3.63) is 40.6 Å². The first-order chi connectivity index (χ1) is 14.0. The molecule has 0 spiro atoms. The molecule has 160 valence electrons. The minimum Gasteiger partial charge on any atom is -0.496 e. The van der Waals surface area contributed by atoms with Crippen LogP contribution in [0.4, 0.5) is 11.8 Å². The van der Waals surface area contributed by atoms with E-state index in [0.717, 1.165) is 41.0 Å². The Hall–Kier alpha value is -2.42. The van der Waals surface area contributed by atoms with Gasteiger partial charge in [0.2, 0.25) is 5.95 Å². The van der Waals surface area contributed by atoms with E-state index in [1.165, 1.54) is 0 Å². The highest BCUT2D eigenvalue weighted by Gasteiger charge is 2.17. The van der Waals surface area contributed by atoms with Crippen molar-refractivity contribution in [1.82, 2.24) is 15.3 Å². The molecule has 0 bridgehead atoms. The Labute approximate surface area is 172 Å². The fourth-order valence-corrected chi connectivity index (χ4v) is 3.25. The average Bonchev–Trinajstić information content (AvgIpc) is 2.70. The first-order valence-electron chi connectivity index (χ1n) is 10.00. The van der Waals surface area contributed by atoms with Crippen LogP contribution < -0.4 is 21.1 Å². The summed E-state index contributed by atoms with van der Waals surface area (Å²) in [5, 5.41) is 25.1. The van der Waals surface area contributed by atoms with Crippen LogP contribution in [0.15, 0.2) is 18.2 Å². The van der Waals surface area contributed by atoms with Crippen molar-refractivity contribution in [3.63, 3.8) is 0 Å². The number of hydrogen-bond donors (Lipinski definition) is 5. The van der Waals surface area contributed by atoms with E-state index in [-0.39, 0.29) is 25.2 Å². The molecule has 0 fully saturated rings. The van der Waals surface area contributed by atoms with Gasteiger partial charge >= 0.3 is 0 Å². The van der Waals surface area contributed by atoms with Gasteiger partial charge in [-0.25, -0.2) is 4.98 Å². The van der Waals surface area contributed by atoms with E-state index in [1.807, 2.05) is 25.1 Å². The van der Waals surface area contributed by atoms with Crippen molar-refractivity contribution >= 4 is 11.8 Å². The highest BCUT2D eigenvalue weighted by atomic mass is 16.5. The van der Waals surface area contributed by atoms with E-state index in [9.17, 15) is 5.11 Å². The Morgan fingerprint density at radius 2 is 2.03 bits per heavy atom. The molecular weight excluding hydrogens is 370 g/mol. The summed E-state index contributed by atoms with van der Waals surface area (Å²) in [6.45, 7) is 5.32. The van der Waals surface area contributed by atoms with E-state index in [4.69, 9.17) is 15.6 Å². The van der Waals surface area contributed by atoms with Gasteiger partial charge in [-0.1, -0.05) is 25.5 Å². The molecule has 0 saturated heterocycles. The molecule has 1 heterocycles. The Morgan fingerprint density at radius 1 is 1.24 bits per heavy atom. The first-order valence-corrected chi connectivity index (χ1v) is 10.00. The number of aliphatic hydroxyl groups excluding tert-OH is 2. The molecule has 8 nitrogen and oxygen atoms in total. The maximum atomic E-state index is 9.66. The molecule has 2 aromatic rings. The van der Waals surface area contributed by atoms with Crippen molar-refractivity contribution in [2.75, 3.05) is 37.9 Å². The zero-order valence-electron chi connectivity index (χ0n) is 17.5. The fourth-order valence-electron chi connectivity index (χ4n) is 3.25. The van der Waals surface area contributed by atoms with E-state index in [0.29, 0.717) is 25.3 Å². The SMILES string of the molecule is CCCC(CO)Nc1nc(N)nc(C)c1Cc1ccc(CNCCO)cc1OC. The highest BCUT2D eigenvalue weighted by Crippen LogP contribution is 2.28. The Balaban J connectivity index is 2.30. The summed E-state index contributed by atoms with van der Waals surface area (Å²) in [5.74, 6) is 1.64. The standard InChI is InChI=1S/C21H33N5O3/c1-4-5-17(13-28)25-20-18(14(2)24-21(22)26-20)11-16-7-6-15(10-19(16)29-3)12-23-8-9-27/h6-7,10,17,23,27-28H,4-5,8-9,11-13H2,1-3H3,(H3,22,24,25,26). The lowest BCUT2D eigenvalue weighted by atomic mass is 10.0. The number of nitrogens with zero attached hydrogens (tertiary/aromatic N) is 2. The molecule has 0 aliphatic rings. The predicted octanol–water partition coefficient (Wildman–Crippen LogP) is 1.62. The number of nitrogens with two attached hydrogens (primary N) is 1. The van der Waals surface area contributed by atoms with Gasteiger partial charge < -0.3 is 31.3 Å². The largest absolute Gasteiger partial charge is 0.496 e. The zero-order valence-corrected chi connectivity index (χ0v) is 17.5. The topological polar surface area (TPSA) is 126 Å². The normalized spacial score (nSPS) is 12.0. The van der Waals surface area contributed by atoms with Crippen molar-refractivity contribution in [1.29, 1.82) is 0 Å². The Morgan fingerprint density at radius 3 is 2.69 bits per heavy atom. The lowest BCUT2D eigenvalue weighted by molar-refractivity contribution is 0.268. The summed E-state index contributed by atoms with van der Waals surface area (Å²) in [6, 6.07) is 5.98. The van der Waals surface area contributed by atoms with Crippen LogP contribution in [-0.4, -0.2) is 53.1 Å². The van der Waals surface area contributed by atoms with Gasteiger partial charge in [-0.3, -0.25) is 0 Å². The molecule has 0 aliphatic carbocycles. The molecule has 0 saturated carbocycles. The van der Waals surface area contributed by atoms with Crippen LogP contribution in [0.3, 0.4) is 0 Å². The van der Waals surface area contributed by atoms with Gasteiger partial charge in [-0.05, 0) is 30.5 Å². The maximum Gasteiger partial charge on any atom is 0.222 e. The van der Waals surface area contributed by atoms with Crippen LogP contribution in [0.2, 0.25) is 0 Å². The van der Waals surface area contributed by atoms with Crippen LogP contribution >= 0.6 is 0 Å². The maximum absolute atomic E-state index is 9.66. The van der Waals surface area contributed by atoms with E-state index < -0.39 is 0 Å². The van der Waals surface area contributed by atoms with E-state index in [2.05, 4.69) is 27.5 Å². The van der Waals surface area contributed by atoms with Gasteiger partial charge in [-0.2, -0.15) is 4.98 Å². The summed E-state index contributed by atoms with van der Waals surface area (Å²) in [7, 11) is 1.65. The molecule has 29 heavy (non-hydrogen) atoms. The fraction of sp³-hybridized carbons (Fsp3) is 0.524. The third-order valence-corrected chi connectivity index (χ3v) is 4.77. The van der Waals surface area contributed by atoms with Gasteiger partial charge in [0, 0.05) is 30.8 Å². The van der Waals surface area contributed by atoms with Crippen molar-refractivity contribution in [2.24, 2.45) is 0 Å². The van der Waals surface area contributed by atoms with E-state index in [1.54, 1.807) is 7.11 Å². The molecule has 1 atom stereocenters. The monoisotopic (exact) mass is 403 g/mol. The van der Waals surface area contributed by atoms with Gasteiger partial charge in [-0.15, -0.1) is 0 Å². The third kappa shape index (κ3) is 6.56. The molecule has 6 N–H and O–H groups in total. The first kappa shape index (κ1) is 22.9.